The van der Waals surface area contributed by atoms with Crippen LogP contribution in [0.25, 0.3) is 0 Å². The smallest absolute Gasteiger partial charge is 0.261 e. The van der Waals surface area contributed by atoms with Crippen molar-refractivity contribution in [1.82, 2.24) is 10.5 Å². The number of hydrogen-bond donors (Lipinski definition) is 2. The van der Waals surface area contributed by atoms with Crippen LogP contribution in [0.2, 0.25) is 0 Å². The predicted molar refractivity (Wildman–Crippen MR) is 77.8 cm³/mol. The van der Waals surface area contributed by atoms with Gasteiger partial charge in [-0.1, -0.05) is 30.3 Å². The highest BCUT2D eigenvalue weighted by atomic mass is 16.5. The Morgan fingerprint density at radius 2 is 2.05 bits per heavy atom. The van der Waals surface area contributed by atoms with Gasteiger partial charge in [0.1, 0.15) is 11.3 Å². The lowest BCUT2D eigenvalue weighted by Gasteiger charge is -2.11. The molecule has 5 nitrogen and oxygen atoms in total. The molecule has 2 aromatic rings. The molecular weight excluding hydrogens is 254 g/mol. The van der Waals surface area contributed by atoms with Crippen LogP contribution in [-0.2, 0) is 6.54 Å². The summed E-state index contributed by atoms with van der Waals surface area (Å²) in [7, 11) is 0. The Hall–Kier alpha value is -2.14. The van der Waals surface area contributed by atoms with Gasteiger partial charge < -0.3 is 15.2 Å². The van der Waals surface area contributed by atoms with Gasteiger partial charge in [-0.15, -0.1) is 0 Å². The van der Waals surface area contributed by atoms with Gasteiger partial charge >= 0.3 is 0 Å². The molecule has 2 rings (SSSR count). The van der Waals surface area contributed by atoms with Gasteiger partial charge in [0.2, 0.25) is 0 Å². The zero-order valence-electron chi connectivity index (χ0n) is 12.0. The van der Waals surface area contributed by atoms with Gasteiger partial charge in [0.25, 0.3) is 5.91 Å². The van der Waals surface area contributed by atoms with Crippen LogP contribution in [-0.4, -0.2) is 17.6 Å². The molecule has 0 fully saturated rings. The molecule has 0 saturated carbocycles. The molecule has 0 radical (unpaired) electrons. The van der Waals surface area contributed by atoms with Crippen molar-refractivity contribution < 1.29 is 9.32 Å². The maximum Gasteiger partial charge on any atom is 0.261 e. The van der Waals surface area contributed by atoms with E-state index < -0.39 is 0 Å². The van der Waals surface area contributed by atoms with E-state index >= 15 is 0 Å². The van der Waals surface area contributed by atoms with E-state index in [1.165, 1.54) is 0 Å². The number of nitrogens with one attached hydrogen (secondary N) is 2. The Balaban J connectivity index is 2.20. The molecule has 20 heavy (non-hydrogen) atoms. The number of nitrogens with zero attached hydrogens (tertiary/aromatic N) is 1. The second-order valence-electron chi connectivity index (χ2n) is 4.59. The van der Waals surface area contributed by atoms with E-state index in [1.807, 2.05) is 31.2 Å². The summed E-state index contributed by atoms with van der Waals surface area (Å²) in [6.07, 6.45) is 0. The summed E-state index contributed by atoms with van der Waals surface area (Å²) in [6.45, 7) is 7.14. The Labute approximate surface area is 118 Å². The Bertz CT molecular complexity index is 585. The predicted octanol–water partition coefficient (Wildman–Crippen LogP) is 2.65. The van der Waals surface area contributed by atoms with Gasteiger partial charge in [-0.05, 0) is 32.0 Å². The molecule has 0 saturated heterocycles. The number of anilines is 1. The van der Waals surface area contributed by atoms with E-state index in [0.29, 0.717) is 23.6 Å². The van der Waals surface area contributed by atoms with Crippen molar-refractivity contribution in [2.75, 3.05) is 11.9 Å². The quantitative estimate of drug-likeness (QED) is 0.879. The number of rotatable bonds is 5. The summed E-state index contributed by atoms with van der Waals surface area (Å²) in [5.41, 5.74) is 2.96. The standard InChI is InChI=1S/C15H19N3O2/c1-4-16-9-12-7-5-6-8-13(12)17-15(19)14-10(2)18-20-11(14)3/h5-8,16H,4,9H2,1-3H3,(H,17,19). The zero-order valence-corrected chi connectivity index (χ0v) is 12.0. The van der Waals surface area contributed by atoms with Gasteiger partial charge in [0, 0.05) is 12.2 Å². The number of para-hydroxylation sites is 1. The van der Waals surface area contributed by atoms with Crippen LogP contribution in [0.1, 0.15) is 34.3 Å². The van der Waals surface area contributed by atoms with Crippen LogP contribution < -0.4 is 10.6 Å². The first-order chi connectivity index (χ1) is 9.63. The maximum absolute atomic E-state index is 12.3. The summed E-state index contributed by atoms with van der Waals surface area (Å²) in [5.74, 6) is 0.342. The van der Waals surface area contributed by atoms with Crippen molar-refractivity contribution in [1.29, 1.82) is 0 Å². The fourth-order valence-electron chi connectivity index (χ4n) is 2.05. The van der Waals surface area contributed by atoms with Gasteiger partial charge in [0.05, 0.1) is 5.69 Å². The Morgan fingerprint density at radius 1 is 1.30 bits per heavy atom. The van der Waals surface area contributed by atoms with Crippen molar-refractivity contribution in [3.8, 4) is 0 Å². The van der Waals surface area contributed by atoms with Gasteiger partial charge in [-0.3, -0.25) is 4.79 Å². The summed E-state index contributed by atoms with van der Waals surface area (Å²) in [6, 6.07) is 7.74. The van der Waals surface area contributed by atoms with E-state index in [9.17, 15) is 4.79 Å². The lowest BCUT2D eigenvalue weighted by atomic mass is 10.1. The van der Waals surface area contributed by atoms with Crippen LogP contribution in [0.15, 0.2) is 28.8 Å². The minimum absolute atomic E-state index is 0.190. The molecule has 0 unspecified atom stereocenters. The zero-order chi connectivity index (χ0) is 14.5. The molecule has 1 amide bonds. The maximum atomic E-state index is 12.3. The van der Waals surface area contributed by atoms with Gasteiger partial charge in [-0.2, -0.15) is 0 Å². The van der Waals surface area contributed by atoms with Crippen LogP contribution >= 0.6 is 0 Å². The van der Waals surface area contributed by atoms with Crippen molar-refractivity contribution in [2.45, 2.75) is 27.3 Å². The normalized spacial score (nSPS) is 10.6. The third-order valence-electron chi connectivity index (χ3n) is 3.09. The molecule has 2 N–H and O–H groups in total. The molecular formula is C15H19N3O2. The summed E-state index contributed by atoms with van der Waals surface area (Å²) < 4.78 is 5.03. The van der Waals surface area contributed by atoms with Crippen LogP contribution in [0, 0.1) is 13.8 Å². The van der Waals surface area contributed by atoms with Gasteiger partial charge in [0.15, 0.2) is 0 Å². The van der Waals surface area contributed by atoms with Crippen molar-refractivity contribution in [2.24, 2.45) is 0 Å². The largest absolute Gasteiger partial charge is 0.361 e. The second-order valence-corrected chi connectivity index (χ2v) is 4.59. The molecule has 1 aromatic heterocycles. The number of amides is 1. The number of carbonyl (C=O) groups excluding carboxylic acids is 1. The summed E-state index contributed by atoms with van der Waals surface area (Å²) in [4.78, 5) is 12.3. The fourth-order valence-corrected chi connectivity index (χ4v) is 2.05. The van der Waals surface area contributed by atoms with Crippen molar-refractivity contribution >= 4 is 11.6 Å². The second kappa shape index (κ2) is 6.34. The van der Waals surface area contributed by atoms with E-state index in [-0.39, 0.29) is 5.91 Å². The van der Waals surface area contributed by atoms with E-state index in [2.05, 4.69) is 15.8 Å². The number of aryl methyl sites for hydroxylation is 2. The Morgan fingerprint density at radius 3 is 2.70 bits per heavy atom. The lowest BCUT2D eigenvalue weighted by molar-refractivity contribution is 0.102. The topological polar surface area (TPSA) is 67.2 Å². The summed E-state index contributed by atoms with van der Waals surface area (Å²) in [5, 5.41) is 9.98. The van der Waals surface area contributed by atoms with Gasteiger partial charge in [-0.25, -0.2) is 0 Å². The highest BCUT2D eigenvalue weighted by Gasteiger charge is 2.18. The number of hydrogen-bond acceptors (Lipinski definition) is 4. The average molecular weight is 273 g/mol. The molecule has 5 heteroatoms. The molecule has 0 atom stereocenters. The summed E-state index contributed by atoms with van der Waals surface area (Å²) >= 11 is 0. The number of carbonyl (C=O) groups is 1. The van der Waals surface area contributed by atoms with E-state index in [4.69, 9.17) is 4.52 Å². The molecule has 106 valence electrons. The van der Waals surface area contributed by atoms with Crippen molar-refractivity contribution in [3.63, 3.8) is 0 Å². The molecule has 0 bridgehead atoms. The first-order valence-electron chi connectivity index (χ1n) is 6.66. The molecule has 0 aliphatic carbocycles. The highest BCUT2D eigenvalue weighted by molar-refractivity contribution is 6.06. The van der Waals surface area contributed by atoms with E-state index in [0.717, 1.165) is 17.8 Å². The third kappa shape index (κ3) is 3.05. The lowest BCUT2D eigenvalue weighted by Crippen LogP contribution is -2.17. The molecule has 0 aliphatic heterocycles. The SMILES string of the molecule is CCNCc1ccccc1NC(=O)c1c(C)noc1C. The van der Waals surface area contributed by atoms with Crippen LogP contribution in [0.3, 0.4) is 0 Å². The highest BCUT2D eigenvalue weighted by Crippen LogP contribution is 2.18. The molecule has 1 aromatic carbocycles. The van der Waals surface area contributed by atoms with Crippen LogP contribution in [0.4, 0.5) is 5.69 Å². The van der Waals surface area contributed by atoms with E-state index in [1.54, 1.807) is 13.8 Å². The first-order valence-corrected chi connectivity index (χ1v) is 6.66. The molecule has 0 aliphatic rings. The minimum atomic E-state index is -0.190. The fraction of sp³-hybridized carbons (Fsp3) is 0.333. The van der Waals surface area contributed by atoms with Crippen molar-refractivity contribution in [3.05, 3.63) is 46.8 Å². The average Bonchev–Trinajstić information content (AvgIpc) is 2.77. The molecule has 0 spiro atoms. The monoisotopic (exact) mass is 273 g/mol. The molecule has 1 heterocycles. The Kier molecular flexibility index (Phi) is 4.53. The third-order valence-corrected chi connectivity index (χ3v) is 3.09. The first kappa shape index (κ1) is 14.3. The number of aromatic nitrogens is 1. The minimum Gasteiger partial charge on any atom is -0.361 e. The van der Waals surface area contributed by atoms with Crippen LogP contribution in [0.5, 0.6) is 0 Å². The number of benzene rings is 1.